The van der Waals surface area contributed by atoms with Crippen LogP contribution in [0, 0.1) is 0 Å². The molecule has 0 bridgehead atoms. The molecule has 0 aliphatic heterocycles. The molecule has 0 radical (unpaired) electrons. The molecule has 4 nitrogen and oxygen atoms in total. The molecule has 20 heavy (non-hydrogen) atoms. The Hall–Kier alpha value is -1.97. The molecular weight excluding hydrogens is 256 g/mol. The van der Waals surface area contributed by atoms with Crippen molar-refractivity contribution in [3.8, 4) is 5.75 Å². The van der Waals surface area contributed by atoms with Crippen molar-refractivity contribution >= 4 is 16.9 Å². The number of fused-ring (bicyclic) bond motifs is 1. The van der Waals surface area contributed by atoms with Gasteiger partial charge in [0.2, 0.25) is 0 Å². The minimum atomic E-state index is -0.659. The van der Waals surface area contributed by atoms with Crippen molar-refractivity contribution in [2.75, 3.05) is 6.61 Å². The van der Waals surface area contributed by atoms with Crippen molar-refractivity contribution < 1.29 is 18.7 Å². The number of carbonyl (C=O) groups is 1. The molecule has 0 spiro atoms. The molecule has 108 valence electrons. The van der Waals surface area contributed by atoms with E-state index in [0.29, 0.717) is 12.4 Å². The first-order valence-corrected chi connectivity index (χ1v) is 6.89. The van der Waals surface area contributed by atoms with Crippen LogP contribution in [0.5, 0.6) is 5.75 Å². The number of carbonyl (C=O) groups excluding carboxylic acids is 1. The standard InChI is InChI=1S/C16H20O4/c1-5-18-16(17)11(4)19-15-12-8-6-7-9-13(12)20-14(15)10(2)3/h6-11H,5H2,1-4H3. The van der Waals surface area contributed by atoms with E-state index >= 15 is 0 Å². The Bertz CT molecular complexity index is 598. The quantitative estimate of drug-likeness (QED) is 0.777. The van der Waals surface area contributed by atoms with Crippen LogP contribution in [-0.4, -0.2) is 18.7 Å². The van der Waals surface area contributed by atoms with E-state index in [0.717, 1.165) is 16.7 Å². The lowest BCUT2D eigenvalue weighted by Crippen LogP contribution is -2.26. The van der Waals surface area contributed by atoms with Crippen LogP contribution in [0.15, 0.2) is 28.7 Å². The zero-order valence-electron chi connectivity index (χ0n) is 12.3. The maximum Gasteiger partial charge on any atom is 0.347 e. The van der Waals surface area contributed by atoms with Gasteiger partial charge in [-0.2, -0.15) is 0 Å². The fraction of sp³-hybridized carbons (Fsp3) is 0.438. The Morgan fingerprint density at radius 3 is 2.60 bits per heavy atom. The molecular formula is C16H20O4. The van der Waals surface area contributed by atoms with Gasteiger partial charge in [0, 0.05) is 5.92 Å². The predicted octanol–water partition coefficient (Wildman–Crippen LogP) is 3.89. The molecule has 0 saturated heterocycles. The first kappa shape index (κ1) is 14.4. The molecule has 1 aromatic heterocycles. The van der Waals surface area contributed by atoms with Gasteiger partial charge in [-0.3, -0.25) is 0 Å². The minimum absolute atomic E-state index is 0.173. The molecule has 0 aliphatic carbocycles. The SMILES string of the molecule is CCOC(=O)C(C)Oc1c(C(C)C)oc2ccccc12. The van der Waals surface area contributed by atoms with Gasteiger partial charge in [0.25, 0.3) is 0 Å². The van der Waals surface area contributed by atoms with Crippen LogP contribution in [0.1, 0.15) is 39.4 Å². The molecule has 1 atom stereocenters. The van der Waals surface area contributed by atoms with Gasteiger partial charge in [-0.15, -0.1) is 0 Å². The Morgan fingerprint density at radius 2 is 1.95 bits per heavy atom. The highest BCUT2D eigenvalue weighted by Gasteiger charge is 2.23. The molecule has 2 rings (SSSR count). The van der Waals surface area contributed by atoms with E-state index in [2.05, 4.69) is 0 Å². The highest BCUT2D eigenvalue weighted by molar-refractivity contribution is 5.86. The topological polar surface area (TPSA) is 48.7 Å². The zero-order chi connectivity index (χ0) is 14.7. The van der Waals surface area contributed by atoms with Crippen molar-refractivity contribution in [3.63, 3.8) is 0 Å². The number of furan rings is 1. The van der Waals surface area contributed by atoms with Crippen LogP contribution in [0.3, 0.4) is 0 Å². The lowest BCUT2D eigenvalue weighted by atomic mass is 10.1. The molecule has 0 fully saturated rings. The fourth-order valence-electron chi connectivity index (χ4n) is 2.03. The van der Waals surface area contributed by atoms with Crippen LogP contribution in [0.2, 0.25) is 0 Å². The van der Waals surface area contributed by atoms with E-state index in [1.807, 2.05) is 38.1 Å². The summed E-state index contributed by atoms with van der Waals surface area (Å²) in [6, 6.07) is 7.65. The summed E-state index contributed by atoms with van der Waals surface area (Å²) in [6.45, 7) is 7.86. The second kappa shape index (κ2) is 5.99. The van der Waals surface area contributed by atoms with Gasteiger partial charge < -0.3 is 13.9 Å². The Balaban J connectivity index is 2.36. The minimum Gasteiger partial charge on any atom is -0.475 e. The fourth-order valence-corrected chi connectivity index (χ4v) is 2.03. The number of ether oxygens (including phenoxy) is 2. The average Bonchev–Trinajstić information content (AvgIpc) is 2.78. The molecule has 2 aromatic rings. The van der Waals surface area contributed by atoms with Gasteiger partial charge in [0.15, 0.2) is 11.9 Å². The lowest BCUT2D eigenvalue weighted by molar-refractivity contribution is -0.150. The smallest absolute Gasteiger partial charge is 0.347 e. The third-order valence-electron chi connectivity index (χ3n) is 3.01. The Kier molecular flexibility index (Phi) is 4.32. The first-order valence-electron chi connectivity index (χ1n) is 6.89. The van der Waals surface area contributed by atoms with Gasteiger partial charge in [0.05, 0.1) is 12.0 Å². The molecule has 0 amide bonds. The molecule has 1 aromatic carbocycles. The third-order valence-corrected chi connectivity index (χ3v) is 3.01. The summed E-state index contributed by atoms with van der Waals surface area (Å²) < 4.78 is 16.6. The van der Waals surface area contributed by atoms with Gasteiger partial charge in [-0.05, 0) is 26.0 Å². The second-order valence-electron chi connectivity index (χ2n) is 4.96. The third kappa shape index (κ3) is 2.79. The summed E-state index contributed by atoms with van der Waals surface area (Å²) in [5.74, 6) is 1.19. The molecule has 1 unspecified atom stereocenters. The van der Waals surface area contributed by atoms with E-state index in [9.17, 15) is 4.79 Å². The number of para-hydroxylation sites is 1. The van der Waals surface area contributed by atoms with E-state index in [4.69, 9.17) is 13.9 Å². The van der Waals surface area contributed by atoms with Gasteiger partial charge >= 0.3 is 5.97 Å². The van der Waals surface area contributed by atoms with Crippen LogP contribution >= 0.6 is 0 Å². The highest BCUT2D eigenvalue weighted by atomic mass is 16.6. The largest absolute Gasteiger partial charge is 0.475 e. The van der Waals surface area contributed by atoms with E-state index in [1.54, 1.807) is 13.8 Å². The van der Waals surface area contributed by atoms with Crippen LogP contribution in [0.4, 0.5) is 0 Å². The van der Waals surface area contributed by atoms with Gasteiger partial charge in [-0.25, -0.2) is 4.79 Å². The molecule has 0 saturated carbocycles. The summed E-state index contributed by atoms with van der Waals surface area (Å²) in [7, 11) is 0. The number of esters is 1. The van der Waals surface area contributed by atoms with Crippen molar-refractivity contribution in [1.82, 2.24) is 0 Å². The summed E-state index contributed by atoms with van der Waals surface area (Å²) in [4.78, 5) is 11.7. The molecule has 0 aliphatic rings. The summed E-state index contributed by atoms with van der Waals surface area (Å²) in [5, 5.41) is 0.882. The zero-order valence-corrected chi connectivity index (χ0v) is 12.3. The number of benzene rings is 1. The van der Waals surface area contributed by atoms with Crippen molar-refractivity contribution in [3.05, 3.63) is 30.0 Å². The maximum absolute atomic E-state index is 11.7. The maximum atomic E-state index is 11.7. The van der Waals surface area contributed by atoms with Gasteiger partial charge in [0.1, 0.15) is 11.3 Å². The second-order valence-corrected chi connectivity index (χ2v) is 4.96. The summed E-state index contributed by atoms with van der Waals surface area (Å²) in [6.07, 6.45) is -0.659. The van der Waals surface area contributed by atoms with Crippen molar-refractivity contribution in [2.24, 2.45) is 0 Å². The van der Waals surface area contributed by atoms with E-state index < -0.39 is 6.10 Å². The molecule has 0 N–H and O–H groups in total. The Labute approximate surface area is 118 Å². The average molecular weight is 276 g/mol. The van der Waals surface area contributed by atoms with Crippen molar-refractivity contribution in [1.29, 1.82) is 0 Å². The normalized spacial score (nSPS) is 12.7. The van der Waals surface area contributed by atoms with Crippen molar-refractivity contribution in [2.45, 2.75) is 39.7 Å². The first-order chi connectivity index (χ1) is 9.54. The monoisotopic (exact) mass is 276 g/mol. The van der Waals surface area contributed by atoms with Crippen LogP contribution in [-0.2, 0) is 9.53 Å². The Morgan fingerprint density at radius 1 is 1.25 bits per heavy atom. The van der Waals surface area contributed by atoms with E-state index in [-0.39, 0.29) is 11.9 Å². The highest BCUT2D eigenvalue weighted by Crippen LogP contribution is 2.37. The number of rotatable bonds is 5. The number of hydrogen-bond acceptors (Lipinski definition) is 4. The number of hydrogen-bond donors (Lipinski definition) is 0. The lowest BCUT2D eigenvalue weighted by Gasteiger charge is -2.14. The van der Waals surface area contributed by atoms with Crippen LogP contribution < -0.4 is 4.74 Å². The summed E-state index contributed by atoms with van der Waals surface area (Å²) >= 11 is 0. The van der Waals surface area contributed by atoms with E-state index in [1.165, 1.54) is 0 Å². The molecule has 1 heterocycles. The van der Waals surface area contributed by atoms with Gasteiger partial charge in [-0.1, -0.05) is 26.0 Å². The molecule has 4 heteroatoms. The predicted molar refractivity (Wildman–Crippen MR) is 77.0 cm³/mol. The van der Waals surface area contributed by atoms with Crippen LogP contribution in [0.25, 0.3) is 11.0 Å². The summed E-state index contributed by atoms with van der Waals surface area (Å²) in [5.41, 5.74) is 0.766.